The van der Waals surface area contributed by atoms with Gasteiger partial charge in [-0.05, 0) is 18.9 Å². The van der Waals surface area contributed by atoms with Gasteiger partial charge in [0.05, 0.1) is 5.92 Å². The maximum Gasteiger partial charge on any atom is 0.314 e. The van der Waals surface area contributed by atoms with Gasteiger partial charge in [0.1, 0.15) is 0 Å². The number of amides is 2. The monoisotopic (exact) mass is 268 g/mol. The lowest BCUT2D eigenvalue weighted by atomic mass is 10.1. The number of nitrogens with one attached hydrogen (secondary N) is 2. The Balaban J connectivity index is 2.00. The fourth-order valence-electron chi connectivity index (χ4n) is 1.46. The molecule has 0 bridgehead atoms. The molecule has 1 heterocycles. The van der Waals surface area contributed by atoms with E-state index in [9.17, 15) is 9.59 Å². The minimum Gasteiger partial charge on any atom is -0.481 e. The van der Waals surface area contributed by atoms with Crippen LogP contribution in [0.2, 0.25) is 0 Å². The summed E-state index contributed by atoms with van der Waals surface area (Å²) >= 11 is 0. The van der Waals surface area contributed by atoms with Crippen molar-refractivity contribution in [1.29, 1.82) is 0 Å². The zero-order valence-electron chi connectivity index (χ0n) is 11.0. The normalized spacial score (nSPS) is 11.8. The Labute approximate surface area is 112 Å². The molecule has 0 aliphatic heterocycles. The summed E-state index contributed by atoms with van der Waals surface area (Å²) in [6.07, 6.45) is 4.80. The lowest BCUT2D eigenvalue weighted by Crippen LogP contribution is -2.37. The van der Waals surface area contributed by atoms with Gasteiger partial charge in [-0.3, -0.25) is 9.48 Å². The number of carbonyl (C=O) groups excluding carboxylic acids is 1. The quantitative estimate of drug-likeness (QED) is 0.604. The molecule has 1 atom stereocenters. The summed E-state index contributed by atoms with van der Waals surface area (Å²) in [7, 11) is 0. The Morgan fingerprint density at radius 3 is 2.74 bits per heavy atom. The van der Waals surface area contributed by atoms with E-state index in [1.807, 2.05) is 12.3 Å². The van der Waals surface area contributed by atoms with Crippen LogP contribution in [0.25, 0.3) is 0 Å². The minimum absolute atomic E-state index is 0.266. The van der Waals surface area contributed by atoms with E-state index in [1.165, 1.54) is 0 Å². The van der Waals surface area contributed by atoms with E-state index in [0.29, 0.717) is 19.5 Å². The molecule has 0 aliphatic carbocycles. The number of urea groups is 1. The first-order valence-electron chi connectivity index (χ1n) is 6.31. The molecule has 106 valence electrons. The van der Waals surface area contributed by atoms with Gasteiger partial charge in [0.2, 0.25) is 0 Å². The molecule has 1 aromatic heterocycles. The molecule has 0 aliphatic rings. The second-order valence-electron chi connectivity index (χ2n) is 4.33. The molecule has 7 nitrogen and oxygen atoms in total. The average Bonchev–Trinajstić information content (AvgIpc) is 2.87. The molecular weight excluding hydrogens is 248 g/mol. The van der Waals surface area contributed by atoms with Crippen molar-refractivity contribution in [3.05, 3.63) is 18.5 Å². The fraction of sp³-hybridized carbons (Fsp3) is 0.583. The van der Waals surface area contributed by atoms with Gasteiger partial charge in [-0.2, -0.15) is 5.10 Å². The third-order valence-corrected chi connectivity index (χ3v) is 2.69. The molecule has 0 saturated carbocycles. The molecule has 2 amide bonds. The van der Waals surface area contributed by atoms with E-state index in [0.717, 1.165) is 13.0 Å². The van der Waals surface area contributed by atoms with Crippen LogP contribution in [0.4, 0.5) is 4.79 Å². The van der Waals surface area contributed by atoms with Crippen LogP contribution in [0.1, 0.15) is 19.8 Å². The van der Waals surface area contributed by atoms with E-state index < -0.39 is 11.9 Å². The number of nitrogens with zero attached hydrogens (tertiary/aromatic N) is 2. The summed E-state index contributed by atoms with van der Waals surface area (Å²) in [5, 5.41) is 18.1. The average molecular weight is 268 g/mol. The molecule has 7 heteroatoms. The van der Waals surface area contributed by atoms with Crippen LogP contribution in [0.15, 0.2) is 18.5 Å². The molecule has 1 unspecified atom stereocenters. The number of aryl methyl sites for hydroxylation is 1. The molecule has 0 spiro atoms. The Morgan fingerprint density at radius 2 is 2.11 bits per heavy atom. The highest BCUT2D eigenvalue weighted by atomic mass is 16.4. The molecule has 0 saturated heterocycles. The zero-order chi connectivity index (χ0) is 14.1. The standard InChI is InChI=1S/C12H20N4O3/c1-10(11(17)18)4-7-14-12(19)13-5-2-8-16-9-3-6-15-16/h3,6,9-10H,2,4-5,7-8H2,1H3,(H,17,18)(H2,13,14,19). The summed E-state index contributed by atoms with van der Waals surface area (Å²) in [4.78, 5) is 21.9. The van der Waals surface area contributed by atoms with Crippen LogP contribution >= 0.6 is 0 Å². The molecular formula is C12H20N4O3. The summed E-state index contributed by atoms with van der Waals surface area (Å²) in [5.41, 5.74) is 0. The number of carbonyl (C=O) groups is 2. The van der Waals surface area contributed by atoms with Gasteiger partial charge in [-0.25, -0.2) is 4.79 Å². The number of aromatic nitrogens is 2. The molecule has 19 heavy (non-hydrogen) atoms. The smallest absolute Gasteiger partial charge is 0.314 e. The van der Waals surface area contributed by atoms with E-state index in [2.05, 4.69) is 15.7 Å². The SMILES string of the molecule is CC(CCNC(=O)NCCCn1cccn1)C(=O)O. The van der Waals surface area contributed by atoms with Crippen molar-refractivity contribution in [3.63, 3.8) is 0 Å². The van der Waals surface area contributed by atoms with Crippen molar-refractivity contribution in [2.45, 2.75) is 26.3 Å². The zero-order valence-corrected chi connectivity index (χ0v) is 11.0. The second kappa shape index (κ2) is 8.12. The van der Waals surface area contributed by atoms with Crippen LogP contribution in [-0.2, 0) is 11.3 Å². The molecule has 0 fully saturated rings. The largest absolute Gasteiger partial charge is 0.481 e. The van der Waals surface area contributed by atoms with Gasteiger partial charge < -0.3 is 15.7 Å². The van der Waals surface area contributed by atoms with Gasteiger partial charge >= 0.3 is 12.0 Å². The van der Waals surface area contributed by atoms with Gasteiger partial charge in [-0.1, -0.05) is 6.92 Å². The van der Waals surface area contributed by atoms with Gasteiger partial charge in [-0.15, -0.1) is 0 Å². The van der Waals surface area contributed by atoms with Crippen molar-refractivity contribution < 1.29 is 14.7 Å². The molecule has 1 rings (SSSR count). The number of hydrogen-bond donors (Lipinski definition) is 3. The Hall–Kier alpha value is -2.05. The maximum absolute atomic E-state index is 11.4. The number of carboxylic acids is 1. The Bertz CT molecular complexity index is 392. The molecule has 0 aromatic carbocycles. The van der Waals surface area contributed by atoms with Crippen molar-refractivity contribution in [1.82, 2.24) is 20.4 Å². The van der Waals surface area contributed by atoms with Crippen LogP contribution in [0.5, 0.6) is 0 Å². The van der Waals surface area contributed by atoms with Gasteiger partial charge in [0.15, 0.2) is 0 Å². The number of rotatable bonds is 8. The van der Waals surface area contributed by atoms with Crippen LogP contribution in [0, 0.1) is 5.92 Å². The van der Waals surface area contributed by atoms with Crippen LogP contribution in [-0.4, -0.2) is 40.0 Å². The third-order valence-electron chi connectivity index (χ3n) is 2.69. The van der Waals surface area contributed by atoms with Crippen LogP contribution < -0.4 is 10.6 Å². The third kappa shape index (κ3) is 6.44. The van der Waals surface area contributed by atoms with Crippen molar-refractivity contribution in [2.75, 3.05) is 13.1 Å². The Morgan fingerprint density at radius 1 is 1.37 bits per heavy atom. The van der Waals surface area contributed by atoms with Gasteiger partial charge in [0.25, 0.3) is 0 Å². The number of carboxylic acid groups (broad SMARTS) is 1. The molecule has 3 N–H and O–H groups in total. The lowest BCUT2D eigenvalue weighted by molar-refractivity contribution is -0.141. The van der Waals surface area contributed by atoms with Crippen LogP contribution in [0.3, 0.4) is 0 Å². The van der Waals surface area contributed by atoms with Gasteiger partial charge in [0, 0.05) is 32.0 Å². The predicted octanol–water partition coefficient (Wildman–Crippen LogP) is 0.683. The summed E-state index contributed by atoms with van der Waals surface area (Å²) in [6, 6.07) is 1.59. The van der Waals surface area contributed by atoms with Crippen molar-refractivity contribution in [3.8, 4) is 0 Å². The highest BCUT2D eigenvalue weighted by molar-refractivity contribution is 5.74. The Kier molecular flexibility index (Phi) is 6.42. The lowest BCUT2D eigenvalue weighted by Gasteiger charge is -2.09. The summed E-state index contributed by atoms with van der Waals surface area (Å²) < 4.78 is 1.80. The molecule has 1 aromatic rings. The van der Waals surface area contributed by atoms with E-state index in [4.69, 9.17) is 5.11 Å². The fourth-order valence-corrected chi connectivity index (χ4v) is 1.46. The summed E-state index contributed by atoms with van der Waals surface area (Å²) in [6.45, 7) is 3.29. The number of aliphatic carboxylic acids is 1. The topological polar surface area (TPSA) is 96.3 Å². The van der Waals surface area contributed by atoms with E-state index in [-0.39, 0.29) is 6.03 Å². The number of hydrogen-bond acceptors (Lipinski definition) is 3. The van der Waals surface area contributed by atoms with E-state index in [1.54, 1.807) is 17.8 Å². The first-order chi connectivity index (χ1) is 9.09. The first kappa shape index (κ1) is 15.0. The molecule has 0 radical (unpaired) electrons. The predicted molar refractivity (Wildman–Crippen MR) is 69.7 cm³/mol. The first-order valence-corrected chi connectivity index (χ1v) is 6.31. The van der Waals surface area contributed by atoms with E-state index >= 15 is 0 Å². The maximum atomic E-state index is 11.4. The van der Waals surface area contributed by atoms with Crippen molar-refractivity contribution in [2.24, 2.45) is 5.92 Å². The highest BCUT2D eigenvalue weighted by Gasteiger charge is 2.10. The highest BCUT2D eigenvalue weighted by Crippen LogP contribution is 1.99. The van der Waals surface area contributed by atoms with Crippen molar-refractivity contribution >= 4 is 12.0 Å². The minimum atomic E-state index is -0.846. The summed E-state index contributed by atoms with van der Waals surface area (Å²) in [5.74, 6) is -1.29. The second-order valence-corrected chi connectivity index (χ2v) is 4.33.